The van der Waals surface area contributed by atoms with Crippen molar-refractivity contribution >= 4 is 46.4 Å². The van der Waals surface area contributed by atoms with Gasteiger partial charge in [-0.3, -0.25) is 4.79 Å². The number of carbonyl (C=O) groups is 1. The molecular formula is C12H7Cl3N2O. The van der Waals surface area contributed by atoms with Crippen LogP contribution in [0, 0.1) is 0 Å². The summed E-state index contributed by atoms with van der Waals surface area (Å²) in [7, 11) is 0. The maximum atomic E-state index is 11.9. The predicted molar refractivity (Wildman–Crippen MR) is 73.7 cm³/mol. The van der Waals surface area contributed by atoms with Crippen molar-refractivity contribution in [1.29, 1.82) is 0 Å². The molecule has 0 saturated carbocycles. The van der Waals surface area contributed by atoms with E-state index < -0.39 is 0 Å². The van der Waals surface area contributed by atoms with Crippen LogP contribution in [0.1, 0.15) is 10.4 Å². The Kier molecular flexibility index (Phi) is 4.07. The van der Waals surface area contributed by atoms with Crippen molar-refractivity contribution in [2.45, 2.75) is 0 Å². The van der Waals surface area contributed by atoms with Gasteiger partial charge in [-0.2, -0.15) is 0 Å². The Morgan fingerprint density at radius 2 is 1.83 bits per heavy atom. The minimum absolute atomic E-state index is 0.261. The number of anilines is 1. The standard InChI is InChI=1S/C12H7Cl3N2O/c13-9-2-1-8(6-10(9)14)17-12(18)7-3-4-16-11(15)5-7/h1-6H,(H,17,18). The van der Waals surface area contributed by atoms with E-state index in [1.807, 2.05) is 0 Å². The Morgan fingerprint density at radius 3 is 2.50 bits per heavy atom. The number of hydrogen-bond acceptors (Lipinski definition) is 2. The molecule has 2 rings (SSSR count). The summed E-state index contributed by atoms with van der Waals surface area (Å²) in [6.45, 7) is 0. The van der Waals surface area contributed by atoms with Gasteiger partial charge in [0.25, 0.3) is 5.91 Å². The molecule has 0 fully saturated rings. The van der Waals surface area contributed by atoms with Crippen LogP contribution in [-0.4, -0.2) is 10.9 Å². The van der Waals surface area contributed by atoms with Crippen LogP contribution in [0.4, 0.5) is 5.69 Å². The molecule has 1 heterocycles. The van der Waals surface area contributed by atoms with Crippen LogP contribution in [0.15, 0.2) is 36.5 Å². The fourth-order valence-electron chi connectivity index (χ4n) is 1.32. The minimum Gasteiger partial charge on any atom is -0.322 e. The second-order valence-corrected chi connectivity index (χ2v) is 4.65. The van der Waals surface area contributed by atoms with E-state index in [9.17, 15) is 4.79 Å². The van der Waals surface area contributed by atoms with Crippen molar-refractivity contribution in [3.05, 3.63) is 57.3 Å². The number of aromatic nitrogens is 1. The van der Waals surface area contributed by atoms with E-state index in [0.717, 1.165) is 0 Å². The molecule has 6 heteroatoms. The Labute approximate surface area is 119 Å². The number of nitrogens with one attached hydrogen (secondary N) is 1. The third-order valence-corrected chi connectivity index (χ3v) is 3.11. The van der Waals surface area contributed by atoms with E-state index in [-0.39, 0.29) is 11.1 Å². The van der Waals surface area contributed by atoms with Gasteiger partial charge in [-0.25, -0.2) is 4.98 Å². The van der Waals surface area contributed by atoms with Crippen LogP contribution >= 0.6 is 34.8 Å². The van der Waals surface area contributed by atoms with Crippen molar-refractivity contribution < 1.29 is 4.79 Å². The molecule has 1 N–H and O–H groups in total. The molecule has 0 spiro atoms. The number of halogens is 3. The molecule has 0 saturated heterocycles. The summed E-state index contributed by atoms with van der Waals surface area (Å²) in [5, 5.41) is 3.76. The highest BCUT2D eigenvalue weighted by Crippen LogP contribution is 2.25. The lowest BCUT2D eigenvalue weighted by Crippen LogP contribution is -2.11. The zero-order valence-electron chi connectivity index (χ0n) is 8.95. The SMILES string of the molecule is O=C(Nc1ccc(Cl)c(Cl)c1)c1ccnc(Cl)c1. The number of hydrogen-bond donors (Lipinski definition) is 1. The second kappa shape index (κ2) is 5.57. The van der Waals surface area contributed by atoms with Crippen molar-refractivity contribution in [3.8, 4) is 0 Å². The van der Waals surface area contributed by atoms with E-state index in [1.54, 1.807) is 24.3 Å². The second-order valence-electron chi connectivity index (χ2n) is 3.45. The van der Waals surface area contributed by atoms with Crippen LogP contribution in [0.2, 0.25) is 15.2 Å². The molecule has 18 heavy (non-hydrogen) atoms. The maximum absolute atomic E-state index is 11.9. The van der Waals surface area contributed by atoms with Gasteiger partial charge in [0.2, 0.25) is 0 Å². The quantitative estimate of drug-likeness (QED) is 0.841. The van der Waals surface area contributed by atoms with E-state index in [4.69, 9.17) is 34.8 Å². The van der Waals surface area contributed by atoms with Crippen molar-refractivity contribution in [2.75, 3.05) is 5.32 Å². The summed E-state index contributed by atoms with van der Waals surface area (Å²) in [6, 6.07) is 7.89. The first-order valence-electron chi connectivity index (χ1n) is 4.94. The van der Waals surface area contributed by atoms with Crippen molar-refractivity contribution in [1.82, 2.24) is 4.98 Å². The smallest absolute Gasteiger partial charge is 0.255 e. The molecule has 0 bridgehead atoms. The fourth-order valence-corrected chi connectivity index (χ4v) is 1.79. The first kappa shape index (κ1) is 13.1. The molecule has 0 aliphatic carbocycles. The van der Waals surface area contributed by atoms with Crippen molar-refractivity contribution in [3.63, 3.8) is 0 Å². The van der Waals surface area contributed by atoms with Crippen LogP contribution in [-0.2, 0) is 0 Å². The van der Waals surface area contributed by atoms with Gasteiger partial charge in [-0.15, -0.1) is 0 Å². The summed E-state index contributed by atoms with van der Waals surface area (Å²) in [5.74, 6) is -0.294. The molecule has 3 nitrogen and oxygen atoms in total. The third-order valence-electron chi connectivity index (χ3n) is 2.17. The molecule has 1 amide bonds. The summed E-state index contributed by atoms with van der Waals surface area (Å²) in [6.07, 6.45) is 1.46. The lowest BCUT2D eigenvalue weighted by Gasteiger charge is -2.06. The molecule has 2 aromatic rings. The van der Waals surface area contributed by atoms with Crippen LogP contribution in [0.5, 0.6) is 0 Å². The van der Waals surface area contributed by atoms with Crippen LogP contribution in [0.3, 0.4) is 0 Å². The fraction of sp³-hybridized carbons (Fsp3) is 0. The molecule has 0 atom stereocenters. The highest BCUT2D eigenvalue weighted by atomic mass is 35.5. The van der Waals surface area contributed by atoms with Gasteiger partial charge < -0.3 is 5.32 Å². The number of benzene rings is 1. The summed E-state index contributed by atoms with van der Waals surface area (Å²) < 4.78 is 0. The number of nitrogens with zero attached hydrogens (tertiary/aromatic N) is 1. The normalized spacial score (nSPS) is 10.2. The van der Waals surface area contributed by atoms with Gasteiger partial charge in [0.05, 0.1) is 10.0 Å². The largest absolute Gasteiger partial charge is 0.322 e. The number of amides is 1. The highest BCUT2D eigenvalue weighted by Gasteiger charge is 2.08. The minimum atomic E-state index is -0.294. The molecule has 0 radical (unpaired) electrons. The Bertz CT molecular complexity index is 602. The Balaban J connectivity index is 2.18. The van der Waals surface area contributed by atoms with Gasteiger partial charge in [0.1, 0.15) is 5.15 Å². The average Bonchev–Trinajstić information content (AvgIpc) is 2.34. The molecule has 92 valence electrons. The van der Waals surface area contributed by atoms with E-state index >= 15 is 0 Å². The number of pyridine rings is 1. The van der Waals surface area contributed by atoms with Gasteiger partial charge >= 0.3 is 0 Å². The van der Waals surface area contributed by atoms with Gasteiger partial charge in [0, 0.05) is 17.4 Å². The third kappa shape index (κ3) is 3.13. The molecule has 0 unspecified atom stereocenters. The van der Waals surface area contributed by atoms with Crippen molar-refractivity contribution in [2.24, 2.45) is 0 Å². The lowest BCUT2D eigenvalue weighted by molar-refractivity contribution is 0.102. The highest BCUT2D eigenvalue weighted by molar-refractivity contribution is 6.42. The van der Waals surface area contributed by atoms with Gasteiger partial charge in [0.15, 0.2) is 0 Å². The predicted octanol–water partition coefficient (Wildman–Crippen LogP) is 4.29. The number of carbonyl (C=O) groups excluding carboxylic acids is 1. The molecule has 1 aromatic heterocycles. The van der Waals surface area contributed by atoms with Gasteiger partial charge in [-0.1, -0.05) is 34.8 Å². The first-order chi connectivity index (χ1) is 8.56. The summed E-state index contributed by atoms with van der Waals surface area (Å²) in [5.41, 5.74) is 0.975. The van der Waals surface area contributed by atoms with Crippen LogP contribution < -0.4 is 5.32 Å². The van der Waals surface area contributed by atoms with E-state index in [2.05, 4.69) is 10.3 Å². The summed E-state index contributed by atoms with van der Waals surface area (Å²) >= 11 is 17.3. The maximum Gasteiger partial charge on any atom is 0.255 e. The average molecular weight is 302 g/mol. The van der Waals surface area contributed by atoms with E-state index in [1.165, 1.54) is 12.3 Å². The van der Waals surface area contributed by atoms with Gasteiger partial charge in [-0.05, 0) is 30.3 Å². The number of rotatable bonds is 2. The Hall–Kier alpha value is -1.29. The molecular weight excluding hydrogens is 295 g/mol. The topological polar surface area (TPSA) is 42.0 Å². The summed E-state index contributed by atoms with van der Waals surface area (Å²) in [4.78, 5) is 15.7. The zero-order chi connectivity index (χ0) is 13.1. The molecule has 1 aromatic carbocycles. The molecule has 0 aliphatic rings. The molecule has 0 aliphatic heterocycles. The van der Waals surface area contributed by atoms with E-state index in [0.29, 0.717) is 21.3 Å². The Morgan fingerprint density at radius 1 is 1.06 bits per heavy atom. The monoisotopic (exact) mass is 300 g/mol. The first-order valence-corrected chi connectivity index (χ1v) is 6.07. The van der Waals surface area contributed by atoms with Crippen LogP contribution in [0.25, 0.3) is 0 Å². The zero-order valence-corrected chi connectivity index (χ0v) is 11.2. The lowest BCUT2D eigenvalue weighted by atomic mass is 10.2.